The Bertz CT molecular complexity index is 179. The SMILES string of the molecule is CCCC(CNC)N(C)C1CCC(CC)CC1. The lowest BCUT2D eigenvalue weighted by Crippen LogP contribution is -2.46. The van der Waals surface area contributed by atoms with Gasteiger partial charge in [0.1, 0.15) is 0 Å². The second-order valence-corrected chi connectivity index (χ2v) is 5.75. The smallest absolute Gasteiger partial charge is 0.0220 e. The van der Waals surface area contributed by atoms with Crippen molar-refractivity contribution < 1.29 is 0 Å². The van der Waals surface area contributed by atoms with Crippen molar-refractivity contribution in [1.29, 1.82) is 0 Å². The monoisotopic (exact) mass is 240 g/mol. The molecule has 1 atom stereocenters. The molecule has 0 aromatic carbocycles. The molecule has 17 heavy (non-hydrogen) atoms. The van der Waals surface area contributed by atoms with Gasteiger partial charge in [0, 0.05) is 18.6 Å². The zero-order chi connectivity index (χ0) is 12.7. The highest BCUT2D eigenvalue weighted by Gasteiger charge is 2.26. The van der Waals surface area contributed by atoms with Crippen molar-refractivity contribution in [3.05, 3.63) is 0 Å². The molecular weight excluding hydrogens is 208 g/mol. The van der Waals surface area contributed by atoms with Crippen molar-refractivity contribution in [3.63, 3.8) is 0 Å². The Labute approximate surface area is 108 Å². The van der Waals surface area contributed by atoms with E-state index in [0.717, 1.165) is 24.5 Å². The number of likely N-dealkylation sites (N-methyl/N-ethyl adjacent to an activating group) is 2. The van der Waals surface area contributed by atoms with Crippen molar-refractivity contribution in [2.75, 3.05) is 20.6 Å². The molecule has 1 fully saturated rings. The third kappa shape index (κ3) is 4.59. The third-order valence-electron chi connectivity index (χ3n) is 4.61. The minimum atomic E-state index is 0.730. The van der Waals surface area contributed by atoms with Gasteiger partial charge >= 0.3 is 0 Å². The Morgan fingerprint density at radius 2 is 1.82 bits per heavy atom. The predicted octanol–water partition coefficient (Wildman–Crippen LogP) is 3.28. The Hall–Kier alpha value is -0.0800. The van der Waals surface area contributed by atoms with Crippen LogP contribution >= 0.6 is 0 Å². The lowest BCUT2D eigenvalue weighted by molar-refractivity contribution is 0.113. The third-order valence-corrected chi connectivity index (χ3v) is 4.61. The van der Waals surface area contributed by atoms with Gasteiger partial charge in [-0.15, -0.1) is 0 Å². The highest BCUT2D eigenvalue weighted by Crippen LogP contribution is 2.30. The van der Waals surface area contributed by atoms with Crippen LogP contribution < -0.4 is 5.32 Å². The fourth-order valence-corrected chi connectivity index (χ4v) is 3.28. The summed E-state index contributed by atoms with van der Waals surface area (Å²) in [5.41, 5.74) is 0. The molecule has 1 saturated carbocycles. The molecule has 1 unspecified atom stereocenters. The first kappa shape index (κ1) is 15.0. The number of hydrogen-bond acceptors (Lipinski definition) is 2. The number of hydrogen-bond donors (Lipinski definition) is 1. The second-order valence-electron chi connectivity index (χ2n) is 5.75. The van der Waals surface area contributed by atoms with Gasteiger partial charge in [-0.3, -0.25) is 4.90 Å². The zero-order valence-electron chi connectivity index (χ0n) is 12.3. The number of nitrogens with one attached hydrogen (secondary N) is 1. The molecule has 2 nitrogen and oxygen atoms in total. The first-order valence-electron chi connectivity index (χ1n) is 7.59. The summed E-state index contributed by atoms with van der Waals surface area (Å²) >= 11 is 0. The molecule has 0 spiro atoms. The molecule has 0 aromatic rings. The summed E-state index contributed by atoms with van der Waals surface area (Å²) in [6.45, 7) is 5.78. The lowest BCUT2D eigenvalue weighted by atomic mass is 9.83. The van der Waals surface area contributed by atoms with Crippen molar-refractivity contribution in [3.8, 4) is 0 Å². The molecule has 1 aliphatic rings. The van der Waals surface area contributed by atoms with E-state index in [2.05, 4.69) is 38.2 Å². The van der Waals surface area contributed by atoms with Crippen LogP contribution in [-0.2, 0) is 0 Å². The van der Waals surface area contributed by atoms with Crippen molar-refractivity contribution in [2.45, 2.75) is 70.9 Å². The van der Waals surface area contributed by atoms with E-state index < -0.39 is 0 Å². The molecule has 2 heteroatoms. The van der Waals surface area contributed by atoms with Crippen LogP contribution in [0.15, 0.2) is 0 Å². The first-order chi connectivity index (χ1) is 8.22. The number of rotatable bonds is 7. The average molecular weight is 240 g/mol. The highest BCUT2D eigenvalue weighted by molar-refractivity contribution is 4.82. The highest BCUT2D eigenvalue weighted by atomic mass is 15.2. The average Bonchev–Trinajstić information content (AvgIpc) is 2.38. The summed E-state index contributed by atoms with van der Waals surface area (Å²) in [6, 6.07) is 1.57. The Balaban J connectivity index is 2.41. The van der Waals surface area contributed by atoms with E-state index in [-0.39, 0.29) is 0 Å². The molecule has 1 N–H and O–H groups in total. The van der Waals surface area contributed by atoms with Gasteiger partial charge in [-0.25, -0.2) is 0 Å². The first-order valence-corrected chi connectivity index (χ1v) is 7.59. The van der Waals surface area contributed by atoms with Gasteiger partial charge in [0.2, 0.25) is 0 Å². The molecule has 0 radical (unpaired) electrons. The maximum absolute atomic E-state index is 3.35. The van der Waals surface area contributed by atoms with E-state index in [1.807, 2.05) is 0 Å². The van der Waals surface area contributed by atoms with Crippen LogP contribution in [0, 0.1) is 5.92 Å². The van der Waals surface area contributed by atoms with Gasteiger partial charge in [0.25, 0.3) is 0 Å². The molecule has 1 rings (SSSR count). The zero-order valence-corrected chi connectivity index (χ0v) is 12.3. The van der Waals surface area contributed by atoms with Crippen LogP contribution in [-0.4, -0.2) is 37.6 Å². The minimum Gasteiger partial charge on any atom is -0.318 e. The standard InChI is InChI=1S/C15H32N2/c1-5-7-15(12-16-3)17(4)14-10-8-13(6-2)9-11-14/h13-16H,5-12H2,1-4H3. The maximum atomic E-state index is 3.35. The molecule has 0 heterocycles. The lowest BCUT2D eigenvalue weighted by Gasteiger charge is -2.39. The van der Waals surface area contributed by atoms with Crippen LogP contribution in [0.25, 0.3) is 0 Å². The van der Waals surface area contributed by atoms with Gasteiger partial charge in [-0.2, -0.15) is 0 Å². The summed E-state index contributed by atoms with van der Waals surface area (Å²) in [7, 11) is 4.42. The van der Waals surface area contributed by atoms with E-state index in [1.54, 1.807) is 0 Å². The Kier molecular flexibility index (Phi) is 7.14. The Morgan fingerprint density at radius 3 is 2.29 bits per heavy atom. The van der Waals surface area contributed by atoms with Crippen molar-refractivity contribution in [1.82, 2.24) is 10.2 Å². The molecule has 0 amide bonds. The van der Waals surface area contributed by atoms with Gasteiger partial charge in [-0.05, 0) is 52.1 Å². The summed E-state index contributed by atoms with van der Waals surface area (Å²) in [4.78, 5) is 2.66. The molecule has 0 saturated heterocycles. The molecule has 0 aromatic heterocycles. The topological polar surface area (TPSA) is 15.3 Å². The second kappa shape index (κ2) is 8.10. The maximum Gasteiger partial charge on any atom is 0.0220 e. The van der Waals surface area contributed by atoms with Crippen LogP contribution in [0.1, 0.15) is 58.8 Å². The fraction of sp³-hybridized carbons (Fsp3) is 1.00. The molecule has 1 aliphatic carbocycles. The molecule has 102 valence electrons. The van der Waals surface area contributed by atoms with Crippen LogP contribution in [0.3, 0.4) is 0 Å². The minimum absolute atomic E-state index is 0.730. The van der Waals surface area contributed by atoms with Gasteiger partial charge in [0.05, 0.1) is 0 Å². The van der Waals surface area contributed by atoms with E-state index in [0.29, 0.717) is 0 Å². The molecular formula is C15H32N2. The molecule has 0 bridgehead atoms. The van der Waals surface area contributed by atoms with Crippen LogP contribution in [0.2, 0.25) is 0 Å². The van der Waals surface area contributed by atoms with Crippen LogP contribution in [0.5, 0.6) is 0 Å². The molecule has 0 aliphatic heterocycles. The summed E-state index contributed by atoms with van der Waals surface area (Å²) in [5, 5.41) is 3.35. The van der Waals surface area contributed by atoms with Gasteiger partial charge < -0.3 is 5.32 Å². The van der Waals surface area contributed by atoms with Gasteiger partial charge in [-0.1, -0.05) is 26.7 Å². The Morgan fingerprint density at radius 1 is 1.18 bits per heavy atom. The predicted molar refractivity (Wildman–Crippen MR) is 76.4 cm³/mol. The summed E-state index contributed by atoms with van der Waals surface area (Å²) < 4.78 is 0. The summed E-state index contributed by atoms with van der Waals surface area (Å²) in [6.07, 6.45) is 9.73. The normalized spacial score (nSPS) is 27.4. The van der Waals surface area contributed by atoms with Gasteiger partial charge in [0.15, 0.2) is 0 Å². The van der Waals surface area contributed by atoms with E-state index in [9.17, 15) is 0 Å². The largest absolute Gasteiger partial charge is 0.318 e. The quantitative estimate of drug-likeness (QED) is 0.735. The summed E-state index contributed by atoms with van der Waals surface area (Å²) in [5.74, 6) is 1.01. The van der Waals surface area contributed by atoms with Crippen LogP contribution in [0.4, 0.5) is 0 Å². The van der Waals surface area contributed by atoms with E-state index in [1.165, 1.54) is 44.9 Å². The van der Waals surface area contributed by atoms with Crippen molar-refractivity contribution in [2.24, 2.45) is 5.92 Å². The van der Waals surface area contributed by atoms with Crippen molar-refractivity contribution >= 4 is 0 Å². The fourth-order valence-electron chi connectivity index (χ4n) is 3.28. The van der Waals surface area contributed by atoms with E-state index in [4.69, 9.17) is 0 Å². The number of nitrogens with zero attached hydrogens (tertiary/aromatic N) is 1. The van der Waals surface area contributed by atoms with E-state index >= 15 is 0 Å².